The van der Waals surface area contributed by atoms with Crippen LogP contribution in [0.1, 0.15) is 19.3 Å². The van der Waals surface area contributed by atoms with Crippen LogP contribution in [-0.2, 0) is 19.1 Å². The molecular weight excluding hydrogens is 364 g/mol. The molecule has 2 aliphatic heterocycles. The predicted molar refractivity (Wildman–Crippen MR) is 101 cm³/mol. The molecule has 2 fully saturated rings. The van der Waals surface area contributed by atoms with Crippen molar-refractivity contribution < 1.29 is 24.2 Å². The van der Waals surface area contributed by atoms with Gasteiger partial charge in [-0.25, -0.2) is 0 Å². The maximum Gasteiger partial charge on any atom is 0.310 e. The molecule has 28 heavy (non-hydrogen) atoms. The number of para-hydroxylation sites is 1. The molecule has 2 aliphatic rings. The third-order valence-corrected chi connectivity index (χ3v) is 5.03. The van der Waals surface area contributed by atoms with E-state index in [-0.39, 0.29) is 24.8 Å². The number of aliphatic hydroxyl groups excluding tert-OH is 1. The molecule has 0 bridgehead atoms. The molecule has 5 N–H and O–H groups in total. The van der Waals surface area contributed by atoms with Crippen molar-refractivity contribution in [1.82, 2.24) is 10.2 Å². The van der Waals surface area contributed by atoms with Crippen LogP contribution in [0.15, 0.2) is 30.3 Å². The highest BCUT2D eigenvalue weighted by atomic mass is 16.6. The minimum atomic E-state index is -1.36. The van der Waals surface area contributed by atoms with Crippen molar-refractivity contribution in [2.75, 3.05) is 25.0 Å². The number of nitrogens with one attached hydrogen (secondary N) is 2. The zero-order chi connectivity index (χ0) is 20.1. The number of hydrogen-bond donors (Lipinski definition) is 4. The fraction of sp³-hybridized carbons (Fsp3) is 0.526. The molecule has 2 amide bonds. The number of hydrogen-bond acceptors (Lipinski definition) is 7. The zero-order valence-electron chi connectivity index (χ0n) is 15.5. The molecule has 0 radical (unpaired) electrons. The number of carbonyl (C=O) groups is 3. The predicted octanol–water partition coefficient (Wildman–Crippen LogP) is -0.585. The fourth-order valence-corrected chi connectivity index (χ4v) is 3.49. The molecule has 1 aromatic rings. The Bertz CT molecular complexity index is 714. The highest BCUT2D eigenvalue weighted by molar-refractivity contribution is 5.88. The number of likely N-dealkylation sites (tertiary alicyclic amines) is 1. The van der Waals surface area contributed by atoms with Gasteiger partial charge in [0, 0.05) is 18.8 Å². The van der Waals surface area contributed by atoms with Crippen LogP contribution in [0.2, 0.25) is 0 Å². The summed E-state index contributed by atoms with van der Waals surface area (Å²) in [4.78, 5) is 37.5. The number of nitrogens with two attached hydrogens (primary N) is 1. The molecule has 0 saturated carbocycles. The maximum absolute atomic E-state index is 12.5. The summed E-state index contributed by atoms with van der Waals surface area (Å²) in [7, 11) is 0. The third kappa shape index (κ3) is 5.20. The summed E-state index contributed by atoms with van der Waals surface area (Å²) in [5, 5.41) is 15.5. The van der Waals surface area contributed by atoms with Gasteiger partial charge in [-0.15, -0.1) is 0 Å². The van der Waals surface area contributed by atoms with Crippen LogP contribution in [0.25, 0.3) is 0 Å². The lowest BCUT2D eigenvalue weighted by Gasteiger charge is -2.26. The second kappa shape index (κ2) is 9.03. The van der Waals surface area contributed by atoms with E-state index in [1.807, 2.05) is 30.3 Å². The second-order valence-electron chi connectivity index (χ2n) is 7.27. The van der Waals surface area contributed by atoms with Crippen molar-refractivity contribution in [3.8, 4) is 0 Å². The molecule has 0 spiro atoms. The van der Waals surface area contributed by atoms with E-state index >= 15 is 0 Å². The summed E-state index contributed by atoms with van der Waals surface area (Å²) in [6.45, 7) is 0.889. The first-order valence-corrected chi connectivity index (χ1v) is 9.42. The number of carbonyl (C=O) groups excluding carboxylic acids is 3. The topological polar surface area (TPSA) is 134 Å². The standard InChI is InChI=1S/C19H26N4O5/c20-14-7-6-12(9-21-13-4-2-1-3-5-13)10-23(18(14)26)11-16(24)22-15-8-17(25)28-19(15)27/h1-5,12,14-15,19,21,27H,6-11,20H2,(H,22,24). The molecule has 0 aliphatic carbocycles. The zero-order valence-corrected chi connectivity index (χ0v) is 15.5. The molecule has 0 aromatic heterocycles. The Morgan fingerprint density at radius 1 is 1.25 bits per heavy atom. The minimum absolute atomic E-state index is 0.0933. The van der Waals surface area contributed by atoms with Crippen LogP contribution < -0.4 is 16.4 Å². The van der Waals surface area contributed by atoms with Gasteiger partial charge in [-0.2, -0.15) is 0 Å². The highest BCUT2D eigenvalue weighted by Gasteiger charge is 2.35. The van der Waals surface area contributed by atoms with Crippen molar-refractivity contribution >= 4 is 23.5 Å². The highest BCUT2D eigenvalue weighted by Crippen LogP contribution is 2.19. The van der Waals surface area contributed by atoms with Gasteiger partial charge >= 0.3 is 5.97 Å². The van der Waals surface area contributed by atoms with Crippen molar-refractivity contribution in [1.29, 1.82) is 0 Å². The van der Waals surface area contributed by atoms with E-state index in [0.717, 1.165) is 12.1 Å². The van der Waals surface area contributed by atoms with Gasteiger partial charge in [0.15, 0.2) is 0 Å². The molecular formula is C19H26N4O5. The van der Waals surface area contributed by atoms with Crippen molar-refractivity contribution in [2.24, 2.45) is 11.7 Å². The van der Waals surface area contributed by atoms with E-state index < -0.39 is 30.3 Å². The molecule has 2 saturated heterocycles. The van der Waals surface area contributed by atoms with Gasteiger partial charge in [-0.3, -0.25) is 14.4 Å². The van der Waals surface area contributed by atoms with Crippen LogP contribution in [0.5, 0.6) is 0 Å². The van der Waals surface area contributed by atoms with Gasteiger partial charge < -0.3 is 31.1 Å². The van der Waals surface area contributed by atoms with Crippen LogP contribution >= 0.6 is 0 Å². The lowest BCUT2D eigenvalue weighted by Crippen LogP contribution is -2.50. The Morgan fingerprint density at radius 2 is 2.00 bits per heavy atom. The number of benzene rings is 1. The summed E-state index contributed by atoms with van der Waals surface area (Å²) in [5.41, 5.74) is 6.96. The number of ether oxygens (including phenoxy) is 1. The quantitative estimate of drug-likeness (QED) is 0.477. The van der Waals surface area contributed by atoms with Crippen LogP contribution in [0.4, 0.5) is 5.69 Å². The van der Waals surface area contributed by atoms with Crippen LogP contribution in [0, 0.1) is 5.92 Å². The smallest absolute Gasteiger partial charge is 0.310 e. The number of amides is 2. The third-order valence-electron chi connectivity index (χ3n) is 5.03. The number of aliphatic hydroxyl groups is 1. The molecule has 9 heteroatoms. The van der Waals surface area contributed by atoms with Gasteiger partial charge in [0.1, 0.15) is 6.04 Å². The van der Waals surface area contributed by atoms with E-state index in [4.69, 9.17) is 5.73 Å². The molecule has 2 heterocycles. The lowest BCUT2D eigenvalue weighted by molar-refractivity contribution is -0.155. The van der Waals surface area contributed by atoms with Crippen LogP contribution in [-0.4, -0.2) is 65.8 Å². The molecule has 9 nitrogen and oxygen atoms in total. The van der Waals surface area contributed by atoms with Gasteiger partial charge in [0.25, 0.3) is 0 Å². The van der Waals surface area contributed by atoms with E-state index in [1.54, 1.807) is 0 Å². The van der Waals surface area contributed by atoms with Crippen molar-refractivity contribution in [3.05, 3.63) is 30.3 Å². The summed E-state index contributed by atoms with van der Waals surface area (Å²) >= 11 is 0. The Labute approximate surface area is 163 Å². The van der Waals surface area contributed by atoms with Crippen molar-refractivity contribution in [2.45, 2.75) is 37.6 Å². The van der Waals surface area contributed by atoms with Crippen LogP contribution in [0.3, 0.4) is 0 Å². The van der Waals surface area contributed by atoms with E-state index in [1.165, 1.54) is 4.90 Å². The van der Waals surface area contributed by atoms with Gasteiger partial charge in [-0.05, 0) is 30.9 Å². The Balaban J connectivity index is 1.56. The first-order valence-electron chi connectivity index (χ1n) is 9.42. The van der Waals surface area contributed by atoms with E-state index in [0.29, 0.717) is 19.5 Å². The molecule has 4 unspecified atom stereocenters. The first kappa shape index (κ1) is 20.1. The van der Waals surface area contributed by atoms with Crippen molar-refractivity contribution in [3.63, 3.8) is 0 Å². The largest absolute Gasteiger partial charge is 0.434 e. The SMILES string of the molecule is NC1CCC(CNc2ccccc2)CN(CC(=O)NC2CC(=O)OC2O)C1=O. The first-order chi connectivity index (χ1) is 13.4. The summed E-state index contributed by atoms with van der Waals surface area (Å²) in [5.74, 6) is -1.15. The summed E-state index contributed by atoms with van der Waals surface area (Å²) in [6, 6.07) is 8.32. The number of nitrogens with zero attached hydrogens (tertiary/aromatic N) is 1. The number of cyclic esters (lactones) is 1. The van der Waals surface area contributed by atoms with E-state index in [9.17, 15) is 19.5 Å². The fourth-order valence-electron chi connectivity index (χ4n) is 3.49. The molecule has 1 aromatic carbocycles. The Kier molecular flexibility index (Phi) is 6.48. The number of esters is 1. The normalized spacial score (nSPS) is 27.9. The van der Waals surface area contributed by atoms with Gasteiger partial charge in [0.2, 0.25) is 18.1 Å². The Hall–Kier alpha value is -2.65. The van der Waals surface area contributed by atoms with Gasteiger partial charge in [0.05, 0.1) is 19.0 Å². The molecule has 3 rings (SSSR count). The van der Waals surface area contributed by atoms with Gasteiger partial charge in [-0.1, -0.05) is 18.2 Å². The minimum Gasteiger partial charge on any atom is -0.434 e. The average Bonchev–Trinajstić information content (AvgIpc) is 2.92. The summed E-state index contributed by atoms with van der Waals surface area (Å²) in [6.07, 6.45) is -0.123. The number of rotatable bonds is 6. The maximum atomic E-state index is 12.5. The monoisotopic (exact) mass is 390 g/mol. The molecule has 4 atom stereocenters. The Morgan fingerprint density at radius 3 is 2.68 bits per heavy atom. The average molecular weight is 390 g/mol. The second-order valence-corrected chi connectivity index (χ2v) is 7.27. The van der Waals surface area contributed by atoms with E-state index in [2.05, 4.69) is 15.4 Å². The molecule has 152 valence electrons. The lowest BCUT2D eigenvalue weighted by atomic mass is 10.0. The number of anilines is 1. The summed E-state index contributed by atoms with van der Waals surface area (Å²) < 4.78 is 4.61.